The van der Waals surface area contributed by atoms with Gasteiger partial charge in [0, 0.05) is 6.20 Å². The van der Waals surface area contributed by atoms with Gasteiger partial charge in [-0.25, -0.2) is 9.78 Å². The molecule has 0 aliphatic carbocycles. The number of hydrogen-bond donors (Lipinski definition) is 1. The van der Waals surface area contributed by atoms with E-state index in [2.05, 4.69) is 24.1 Å². The van der Waals surface area contributed by atoms with Crippen LogP contribution in [-0.4, -0.2) is 23.3 Å². The first-order valence-electron chi connectivity index (χ1n) is 6.77. The predicted molar refractivity (Wildman–Crippen MR) is 79.2 cm³/mol. The van der Waals surface area contributed by atoms with Crippen molar-refractivity contribution < 1.29 is 14.3 Å². The van der Waals surface area contributed by atoms with Crippen molar-refractivity contribution in [3.63, 3.8) is 0 Å². The topological polar surface area (TPSA) is 60.5 Å². The Hall–Kier alpha value is -1.78. The molecule has 0 aromatic carbocycles. The van der Waals surface area contributed by atoms with E-state index in [4.69, 9.17) is 9.47 Å². The van der Waals surface area contributed by atoms with Crippen molar-refractivity contribution in [1.82, 2.24) is 4.98 Å². The van der Waals surface area contributed by atoms with Gasteiger partial charge in [0.1, 0.15) is 5.60 Å². The van der Waals surface area contributed by atoms with Gasteiger partial charge >= 0.3 is 6.09 Å². The first-order chi connectivity index (χ1) is 9.19. The van der Waals surface area contributed by atoms with Crippen LogP contribution in [0.2, 0.25) is 0 Å². The van der Waals surface area contributed by atoms with Gasteiger partial charge in [0.05, 0.1) is 6.61 Å². The molecule has 0 radical (unpaired) electrons. The van der Waals surface area contributed by atoms with Crippen LogP contribution < -0.4 is 10.1 Å². The molecule has 0 aliphatic heterocycles. The Morgan fingerprint density at radius 2 is 2.05 bits per heavy atom. The average Bonchev–Trinajstić information content (AvgIpc) is 2.25. The van der Waals surface area contributed by atoms with E-state index in [1.54, 1.807) is 6.20 Å². The Morgan fingerprint density at radius 1 is 1.40 bits per heavy atom. The number of ether oxygens (including phenoxy) is 2. The van der Waals surface area contributed by atoms with Crippen LogP contribution in [-0.2, 0) is 4.74 Å². The zero-order valence-electron chi connectivity index (χ0n) is 13.1. The summed E-state index contributed by atoms with van der Waals surface area (Å²) in [5.41, 5.74) is 0.374. The van der Waals surface area contributed by atoms with E-state index in [0.717, 1.165) is 5.56 Å². The van der Waals surface area contributed by atoms with Crippen LogP contribution in [0.1, 0.15) is 40.2 Å². The van der Waals surface area contributed by atoms with Gasteiger partial charge in [-0.3, -0.25) is 5.32 Å². The van der Waals surface area contributed by atoms with Crippen molar-refractivity contribution >= 4 is 11.9 Å². The quantitative estimate of drug-likeness (QED) is 0.912. The van der Waals surface area contributed by atoms with E-state index in [1.165, 1.54) is 0 Å². The van der Waals surface area contributed by atoms with Gasteiger partial charge in [-0.05, 0) is 45.2 Å². The van der Waals surface area contributed by atoms with Gasteiger partial charge in [0.25, 0.3) is 0 Å². The van der Waals surface area contributed by atoms with Crippen LogP contribution in [0.5, 0.6) is 5.75 Å². The number of hydrogen-bond acceptors (Lipinski definition) is 4. The van der Waals surface area contributed by atoms with Crippen LogP contribution in [0.25, 0.3) is 0 Å². The number of carbonyl (C=O) groups is 1. The molecule has 1 rings (SSSR count). The largest absolute Gasteiger partial charge is 0.489 e. The molecule has 0 unspecified atom stereocenters. The Kier molecular flexibility index (Phi) is 5.36. The third-order valence-electron chi connectivity index (χ3n) is 2.28. The molecule has 0 bridgehead atoms. The van der Waals surface area contributed by atoms with Crippen molar-refractivity contribution in [2.24, 2.45) is 5.92 Å². The lowest BCUT2D eigenvalue weighted by molar-refractivity contribution is 0.0634. The van der Waals surface area contributed by atoms with Gasteiger partial charge in [-0.1, -0.05) is 13.8 Å². The van der Waals surface area contributed by atoms with Crippen molar-refractivity contribution in [3.05, 3.63) is 17.8 Å². The molecule has 0 fully saturated rings. The summed E-state index contributed by atoms with van der Waals surface area (Å²) >= 11 is 0. The molecule has 112 valence electrons. The fourth-order valence-electron chi connectivity index (χ4n) is 1.47. The SMILES string of the molecule is Cc1ccnc(NC(=O)OC(C)(C)C)c1OCC(C)C. The molecular formula is C15H24N2O3. The van der Waals surface area contributed by atoms with Gasteiger partial charge in [0.2, 0.25) is 0 Å². The fourth-order valence-corrected chi connectivity index (χ4v) is 1.47. The summed E-state index contributed by atoms with van der Waals surface area (Å²) in [7, 11) is 0. The Morgan fingerprint density at radius 3 is 2.60 bits per heavy atom. The number of carbonyl (C=O) groups excluding carboxylic acids is 1. The molecule has 5 nitrogen and oxygen atoms in total. The predicted octanol–water partition coefficient (Wildman–Crippen LogP) is 3.77. The second kappa shape index (κ2) is 6.59. The number of rotatable bonds is 4. The highest BCUT2D eigenvalue weighted by atomic mass is 16.6. The third-order valence-corrected chi connectivity index (χ3v) is 2.28. The lowest BCUT2D eigenvalue weighted by Gasteiger charge is -2.20. The summed E-state index contributed by atoms with van der Waals surface area (Å²) in [6.45, 7) is 12.0. The summed E-state index contributed by atoms with van der Waals surface area (Å²) < 4.78 is 10.9. The fraction of sp³-hybridized carbons (Fsp3) is 0.600. The first kappa shape index (κ1) is 16.3. The van der Waals surface area contributed by atoms with Crippen molar-refractivity contribution in [1.29, 1.82) is 0 Å². The number of pyridine rings is 1. The van der Waals surface area contributed by atoms with E-state index in [1.807, 2.05) is 33.8 Å². The normalized spacial score (nSPS) is 11.3. The van der Waals surface area contributed by atoms with E-state index in [-0.39, 0.29) is 0 Å². The summed E-state index contributed by atoms with van der Waals surface area (Å²) in [5.74, 6) is 1.37. The molecule has 1 aromatic rings. The van der Waals surface area contributed by atoms with Crippen LogP contribution in [0.3, 0.4) is 0 Å². The second-order valence-electron chi connectivity index (χ2n) is 6.14. The van der Waals surface area contributed by atoms with Crippen LogP contribution in [0.4, 0.5) is 10.6 Å². The van der Waals surface area contributed by atoms with E-state index >= 15 is 0 Å². The lowest BCUT2D eigenvalue weighted by atomic mass is 10.2. The molecule has 1 amide bonds. The number of nitrogens with one attached hydrogen (secondary N) is 1. The van der Waals surface area contributed by atoms with Gasteiger partial charge < -0.3 is 9.47 Å². The molecule has 1 aromatic heterocycles. The maximum Gasteiger partial charge on any atom is 0.413 e. The second-order valence-corrected chi connectivity index (χ2v) is 6.14. The van der Waals surface area contributed by atoms with Crippen molar-refractivity contribution in [2.45, 2.75) is 47.1 Å². The standard InChI is InChI=1S/C15H24N2O3/c1-10(2)9-19-12-11(3)7-8-16-13(12)17-14(18)20-15(4,5)6/h7-8,10H,9H2,1-6H3,(H,16,17,18). The maximum atomic E-state index is 11.8. The molecular weight excluding hydrogens is 256 g/mol. The highest BCUT2D eigenvalue weighted by Crippen LogP contribution is 2.27. The monoisotopic (exact) mass is 280 g/mol. The number of nitrogens with zero attached hydrogens (tertiary/aromatic N) is 1. The first-order valence-corrected chi connectivity index (χ1v) is 6.77. The molecule has 0 saturated heterocycles. The molecule has 0 spiro atoms. The molecule has 1 heterocycles. The Labute approximate surface area is 120 Å². The van der Waals surface area contributed by atoms with E-state index in [9.17, 15) is 4.79 Å². The van der Waals surface area contributed by atoms with Crippen molar-refractivity contribution in [2.75, 3.05) is 11.9 Å². The van der Waals surface area contributed by atoms with Crippen molar-refractivity contribution in [3.8, 4) is 5.75 Å². The molecule has 0 atom stereocenters. The smallest absolute Gasteiger partial charge is 0.413 e. The number of aromatic nitrogens is 1. The number of amides is 1. The maximum absolute atomic E-state index is 11.8. The summed E-state index contributed by atoms with van der Waals surface area (Å²) in [6, 6.07) is 1.84. The average molecular weight is 280 g/mol. The molecule has 5 heteroatoms. The van der Waals surface area contributed by atoms with E-state index in [0.29, 0.717) is 24.1 Å². The zero-order chi connectivity index (χ0) is 15.3. The van der Waals surface area contributed by atoms with Gasteiger partial charge in [-0.15, -0.1) is 0 Å². The molecule has 0 saturated carbocycles. The highest BCUT2D eigenvalue weighted by molar-refractivity contribution is 5.85. The Balaban J connectivity index is 2.83. The number of aryl methyl sites for hydroxylation is 1. The summed E-state index contributed by atoms with van der Waals surface area (Å²) in [5, 5.41) is 2.63. The minimum atomic E-state index is -0.549. The zero-order valence-corrected chi connectivity index (χ0v) is 13.1. The molecule has 20 heavy (non-hydrogen) atoms. The van der Waals surface area contributed by atoms with E-state index < -0.39 is 11.7 Å². The summed E-state index contributed by atoms with van der Waals surface area (Å²) in [6.07, 6.45) is 1.09. The lowest BCUT2D eigenvalue weighted by Crippen LogP contribution is -2.27. The van der Waals surface area contributed by atoms with Crippen LogP contribution in [0, 0.1) is 12.8 Å². The highest BCUT2D eigenvalue weighted by Gasteiger charge is 2.19. The van der Waals surface area contributed by atoms with Gasteiger partial charge in [0.15, 0.2) is 11.6 Å². The van der Waals surface area contributed by atoms with Crippen LogP contribution >= 0.6 is 0 Å². The van der Waals surface area contributed by atoms with Gasteiger partial charge in [-0.2, -0.15) is 0 Å². The minimum Gasteiger partial charge on any atom is -0.489 e. The number of anilines is 1. The molecule has 1 N–H and O–H groups in total. The summed E-state index contributed by atoms with van der Waals surface area (Å²) in [4.78, 5) is 16.0. The van der Waals surface area contributed by atoms with Crippen LogP contribution in [0.15, 0.2) is 12.3 Å². The third kappa shape index (κ3) is 5.47. The Bertz CT molecular complexity index is 465. The molecule has 0 aliphatic rings. The minimum absolute atomic E-state index is 0.389.